The minimum atomic E-state index is -4.72. The maximum absolute atomic E-state index is 13.9. The van der Waals surface area contributed by atoms with E-state index in [9.17, 15) is 18.0 Å². The molecule has 1 amide bonds. The van der Waals surface area contributed by atoms with Crippen LogP contribution in [0, 0.1) is 17.8 Å². The van der Waals surface area contributed by atoms with Crippen molar-refractivity contribution in [3.63, 3.8) is 0 Å². The highest BCUT2D eigenvalue weighted by atomic mass is 35.5. The number of hydrogen-bond donors (Lipinski definition) is 1. The molecule has 29 heavy (non-hydrogen) atoms. The molecule has 0 aliphatic heterocycles. The van der Waals surface area contributed by atoms with Gasteiger partial charge in [-0.05, 0) is 80.5 Å². The average Bonchev–Trinajstić information content (AvgIpc) is 3.06. The Morgan fingerprint density at radius 2 is 1.62 bits per heavy atom. The summed E-state index contributed by atoms with van der Waals surface area (Å²) in [5.41, 5.74) is -1.64. The van der Waals surface area contributed by atoms with Crippen LogP contribution >= 0.6 is 11.6 Å². The zero-order valence-corrected chi connectivity index (χ0v) is 16.4. The van der Waals surface area contributed by atoms with Crippen LogP contribution < -0.4 is 5.32 Å². The number of hydrogen-bond acceptors (Lipinski definition) is 2. The topological polar surface area (TPSA) is 46.9 Å². The molecule has 0 atom stereocenters. The van der Waals surface area contributed by atoms with Crippen LogP contribution in [-0.2, 0) is 6.18 Å². The molecule has 0 unspecified atom stereocenters. The van der Waals surface area contributed by atoms with E-state index in [-0.39, 0.29) is 11.2 Å². The maximum Gasteiger partial charge on any atom is 0.434 e. The summed E-state index contributed by atoms with van der Waals surface area (Å²) in [4.78, 5) is 13.0. The number of carbonyl (C=O) groups excluding carboxylic acids is 1. The van der Waals surface area contributed by atoms with Crippen LogP contribution in [0.25, 0.3) is 5.69 Å². The minimum Gasteiger partial charge on any atom is -0.346 e. The molecule has 1 heterocycles. The molecule has 4 aliphatic rings. The Balaban J connectivity index is 1.48. The van der Waals surface area contributed by atoms with Crippen molar-refractivity contribution in [1.82, 2.24) is 15.1 Å². The fraction of sp³-hybridized carbons (Fsp3) is 0.524. The van der Waals surface area contributed by atoms with Crippen LogP contribution in [0.1, 0.15) is 54.6 Å². The number of nitrogens with one attached hydrogen (secondary N) is 1. The number of benzene rings is 1. The van der Waals surface area contributed by atoms with Crippen LogP contribution in [0.15, 0.2) is 30.5 Å². The highest BCUT2D eigenvalue weighted by Crippen LogP contribution is 2.55. The van der Waals surface area contributed by atoms with Crippen molar-refractivity contribution in [2.24, 2.45) is 17.8 Å². The first kappa shape index (κ1) is 19.0. The number of rotatable bonds is 3. The highest BCUT2D eigenvalue weighted by molar-refractivity contribution is 6.30. The molecule has 6 rings (SSSR count). The van der Waals surface area contributed by atoms with Crippen LogP contribution in [0.2, 0.25) is 5.02 Å². The Labute approximate surface area is 171 Å². The second-order valence-corrected chi connectivity index (χ2v) is 9.38. The Kier molecular flexibility index (Phi) is 4.25. The molecule has 2 aromatic rings. The number of nitrogens with zero attached hydrogens (tertiary/aromatic N) is 2. The van der Waals surface area contributed by atoms with Gasteiger partial charge in [0.15, 0.2) is 5.69 Å². The van der Waals surface area contributed by atoms with Crippen LogP contribution in [0.3, 0.4) is 0 Å². The zero-order chi connectivity index (χ0) is 20.4. The van der Waals surface area contributed by atoms with Gasteiger partial charge in [-0.15, -0.1) is 0 Å². The van der Waals surface area contributed by atoms with E-state index in [1.54, 1.807) is 0 Å². The van der Waals surface area contributed by atoms with E-state index < -0.39 is 23.3 Å². The number of alkyl halides is 3. The van der Waals surface area contributed by atoms with E-state index in [2.05, 4.69) is 10.4 Å². The van der Waals surface area contributed by atoms with E-state index in [0.717, 1.165) is 30.1 Å². The average molecular weight is 424 g/mol. The SMILES string of the molecule is O=C(NC12CC3CC(CC(C3)C1)C2)c1cnn(-c2ccc(Cl)cc2)c1C(F)(F)F. The van der Waals surface area contributed by atoms with Gasteiger partial charge in [0.05, 0.1) is 17.4 Å². The molecule has 1 N–H and O–H groups in total. The van der Waals surface area contributed by atoms with Crippen molar-refractivity contribution < 1.29 is 18.0 Å². The predicted octanol–water partition coefficient (Wildman–Crippen LogP) is 5.24. The van der Waals surface area contributed by atoms with Gasteiger partial charge in [0, 0.05) is 10.6 Å². The third-order valence-electron chi connectivity index (χ3n) is 6.77. The third-order valence-corrected chi connectivity index (χ3v) is 7.02. The summed E-state index contributed by atoms with van der Waals surface area (Å²) in [6.45, 7) is 0. The standard InChI is InChI=1S/C21H21ClF3N3O/c22-15-1-3-16(4-2-15)28-18(21(23,24)25)17(11-26-28)19(29)27-20-8-12-5-13(9-20)7-14(6-12)10-20/h1-4,11-14H,5-10H2,(H,27,29). The van der Waals surface area contributed by atoms with Gasteiger partial charge in [-0.1, -0.05) is 11.6 Å². The molecule has 0 radical (unpaired) electrons. The quantitative estimate of drug-likeness (QED) is 0.733. The number of aromatic nitrogens is 2. The fourth-order valence-corrected chi connectivity index (χ4v) is 6.26. The van der Waals surface area contributed by atoms with E-state index in [1.165, 1.54) is 43.5 Å². The molecule has 154 valence electrons. The lowest BCUT2D eigenvalue weighted by atomic mass is 9.53. The largest absolute Gasteiger partial charge is 0.434 e. The lowest BCUT2D eigenvalue weighted by Crippen LogP contribution is -2.59. The Hall–Kier alpha value is -2.02. The fourth-order valence-electron chi connectivity index (χ4n) is 6.14. The molecule has 4 bridgehead atoms. The summed E-state index contributed by atoms with van der Waals surface area (Å²) in [7, 11) is 0. The normalized spacial score (nSPS) is 30.6. The van der Waals surface area contributed by atoms with E-state index in [4.69, 9.17) is 11.6 Å². The lowest BCUT2D eigenvalue weighted by Gasteiger charge is -2.56. The van der Waals surface area contributed by atoms with Crippen molar-refractivity contribution in [3.8, 4) is 5.69 Å². The molecule has 1 aromatic heterocycles. The first-order chi connectivity index (χ1) is 13.7. The van der Waals surface area contributed by atoms with Crippen molar-refractivity contribution >= 4 is 17.5 Å². The number of carbonyl (C=O) groups is 1. The van der Waals surface area contributed by atoms with E-state index in [1.807, 2.05) is 0 Å². The van der Waals surface area contributed by atoms with E-state index in [0.29, 0.717) is 22.8 Å². The minimum absolute atomic E-state index is 0.204. The Morgan fingerprint density at radius 3 is 2.14 bits per heavy atom. The van der Waals surface area contributed by atoms with Gasteiger partial charge in [0.25, 0.3) is 5.91 Å². The van der Waals surface area contributed by atoms with Crippen molar-refractivity contribution in [3.05, 3.63) is 46.7 Å². The molecule has 1 aromatic carbocycles. The number of amides is 1. The molecular weight excluding hydrogens is 403 g/mol. The third kappa shape index (κ3) is 3.33. The first-order valence-corrected chi connectivity index (χ1v) is 10.3. The summed E-state index contributed by atoms with van der Waals surface area (Å²) in [6.07, 6.45) is 2.50. The van der Waals surface area contributed by atoms with Gasteiger partial charge in [-0.25, -0.2) is 4.68 Å². The van der Waals surface area contributed by atoms with Crippen LogP contribution in [0.4, 0.5) is 13.2 Å². The van der Waals surface area contributed by atoms with Crippen molar-refractivity contribution in [2.45, 2.75) is 50.2 Å². The molecule has 8 heteroatoms. The summed E-state index contributed by atoms with van der Waals surface area (Å²) in [6, 6.07) is 5.89. The second kappa shape index (κ2) is 6.49. The van der Waals surface area contributed by atoms with Gasteiger partial charge >= 0.3 is 6.18 Å². The van der Waals surface area contributed by atoms with Crippen molar-refractivity contribution in [1.29, 1.82) is 0 Å². The van der Waals surface area contributed by atoms with Crippen LogP contribution in [0.5, 0.6) is 0 Å². The zero-order valence-electron chi connectivity index (χ0n) is 15.7. The van der Waals surface area contributed by atoms with Gasteiger partial charge in [-0.2, -0.15) is 18.3 Å². The van der Waals surface area contributed by atoms with Gasteiger partial charge in [0.1, 0.15) is 0 Å². The predicted molar refractivity (Wildman–Crippen MR) is 102 cm³/mol. The number of halogens is 4. The molecule has 4 nitrogen and oxygen atoms in total. The molecule has 0 saturated heterocycles. The summed E-state index contributed by atoms with van der Waals surface area (Å²) < 4.78 is 42.5. The summed E-state index contributed by atoms with van der Waals surface area (Å²) in [5, 5.41) is 7.32. The Bertz CT molecular complexity index is 916. The smallest absolute Gasteiger partial charge is 0.346 e. The lowest BCUT2D eigenvalue weighted by molar-refractivity contribution is -0.143. The Morgan fingerprint density at radius 1 is 1.07 bits per heavy atom. The monoisotopic (exact) mass is 423 g/mol. The van der Waals surface area contributed by atoms with Crippen molar-refractivity contribution in [2.75, 3.05) is 0 Å². The van der Waals surface area contributed by atoms with Crippen LogP contribution in [-0.4, -0.2) is 21.2 Å². The summed E-state index contributed by atoms with van der Waals surface area (Å²) in [5.74, 6) is 1.07. The van der Waals surface area contributed by atoms with Gasteiger partial charge < -0.3 is 5.32 Å². The van der Waals surface area contributed by atoms with Gasteiger partial charge in [-0.3, -0.25) is 4.79 Å². The summed E-state index contributed by atoms with van der Waals surface area (Å²) >= 11 is 5.84. The molecule has 4 aliphatic carbocycles. The molecule has 4 fully saturated rings. The molecule has 4 saturated carbocycles. The van der Waals surface area contributed by atoms with Gasteiger partial charge in [0.2, 0.25) is 0 Å². The molecular formula is C21H21ClF3N3O. The molecule has 0 spiro atoms. The first-order valence-electron chi connectivity index (χ1n) is 9.96. The highest BCUT2D eigenvalue weighted by Gasteiger charge is 2.52. The maximum atomic E-state index is 13.9. The second-order valence-electron chi connectivity index (χ2n) is 8.94. The van der Waals surface area contributed by atoms with E-state index >= 15 is 0 Å².